The van der Waals surface area contributed by atoms with Crippen molar-refractivity contribution in [3.63, 3.8) is 0 Å². The molecule has 0 aliphatic rings. The third kappa shape index (κ3) is 2.95. The average Bonchev–Trinajstić information content (AvgIpc) is 2.39. The standard InChI is InChI=1S/C13H9NO3.H2S/c15-13(10-4-2-1-3-5-10)11-6-8-12(9-7-11)14(16)17;/h1-9H;1H2. The summed E-state index contributed by atoms with van der Waals surface area (Å²) < 4.78 is 0. The minimum atomic E-state index is -0.489. The second kappa shape index (κ2) is 5.97. The van der Waals surface area contributed by atoms with Crippen LogP contribution in [-0.2, 0) is 0 Å². The number of rotatable bonds is 3. The maximum Gasteiger partial charge on any atom is 0.269 e. The molecule has 5 heteroatoms. The molecule has 0 atom stereocenters. The van der Waals surface area contributed by atoms with Gasteiger partial charge in [0, 0.05) is 23.3 Å². The van der Waals surface area contributed by atoms with E-state index in [1.54, 1.807) is 24.3 Å². The number of nitro benzene ring substituents is 1. The Morgan fingerprint density at radius 1 is 0.889 bits per heavy atom. The zero-order valence-electron chi connectivity index (χ0n) is 9.37. The molecule has 0 unspecified atom stereocenters. The van der Waals surface area contributed by atoms with E-state index in [1.807, 2.05) is 6.07 Å². The fraction of sp³-hybridized carbons (Fsp3) is 0. The molecule has 0 heterocycles. The third-order valence-corrected chi connectivity index (χ3v) is 2.38. The van der Waals surface area contributed by atoms with E-state index in [1.165, 1.54) is 24.3 Å². The Labute approximate surface area is 111 Å². The number of nitrogens with zero attached hydrogens (tertiary/aromatic N) is 1. The molecule has 0 aliphatic heterocycles. The van der Waals surface area contributed by atoms with Crippen molar-refractivity contribution < 1.29 is 9.72 Å². The van der Waals surface area contributed by atoms with Crippen molar-refractivity contribution in [2.24, 2.45) is 0 Å². The van der Waals surface area contributed by atoms with Crippen LogP contribution in [0, 0.1) is 10.1 Å². The van der Waals surface area contributed by atoms with Gasteiger partial charge in [0.15, 0.2) is 5.78 Å². The van der Waals surface area contributed by atoms with Crippen LogP contribution in [0.1, 0.15) is 15.9 Å². The van der Waals surface area contributed by atoms with Crippen LogP contribution in [0.3, 0.4) is 0 Å². The topological polar surface area (TPSA) is 60.2 Å². The first-order valence-corrected chi connectivity index (χ1v) is 5.02. The van der Waals surface area contributed by atoms with Gasteiger partial charge in [-0.25, -0.2) is 0 Å². The van der Waals surface area contributed by atoms with E-state index >= 15 is 0 Å². The predicted molar refractivity (Wildman–Crippen MR) is 73.4 cm³/mol. The Kier molecular flexibility index (Phi) is 4.62. The summed E-state index contributed by atoms with van der Waals surface area (Å²) in [5.41, 5.74) is 0.998. The molecule has 18 heavy (non-hydrogen) atoms. The molecule has 0 spiro atoms. The Hall–Kier alpha value is -2.14. The first-order chi connectivity index (χ1) is 8.18. The van der Waals surface area contributed by atoms with Crippen LogP contribution in [0.25, 0.3) is 0 Å². The zero-order valence-corrected chi connectivity index (χ0v) is 10.4. The van der Waals surface area contributed by atoms with Crippen LogP contribution < -0.4 is 0 Å². The van der Waals surface area contributed by atoms with Crippen LogP contribution in [0.2, 0.25) is 0 Å². The fourth-order valence-corrected chi connectivity index (χ4v) is 1.49. The molecule has 0 aliphatic carbocycles. The summed E-state index contributed by atoms with van der Waals surface area (Å²) in [6, 6.07) is 14.4. The number of ketones is 1. The van der Waals surface area contributed by atoms with Crippen LogP contribution in [0.15, 0.2) is 54.6 Å². The number of carbonyl (C=O) groups excluding carboxylic acids is 1. The van der Waals surface area contributed by atoms with Gasteiger partial charge in [-0.05, 0) is 12.1 Å². The maximum absolute atomic E-state index is 12.0. The van der Waals surface area contributed by atoms with Crippen molar-refractivity contribution in [1.29, 1.82) is 0 Å². The average molecular weight is 261 g/mol. The van der Waals surface area contributed by atoms with E-state index < -0.39 is 4.92 Å². The van der Waals surface area contributed by atoms with Crippen molar-refractivity contribution >= 4 is 25.0 Å². The summed E-state index contributed by atoms with van der Waals surface area (Å²) in [6.07, 6.45) is 0. The monoisotopic (exact) mass is 261 g/mol. The number of nitro groups is 1. The van der Waals surface area contributed by atoms with Crippen LogP contribution in [-0.4, -0.2) is 10.7 Å². The molecule has 0 saturated heterocycles. The summed E-state index contributed by atoms with van der Waals surface area (Å²) in [7, 11) is 0. The van der Waals surface area contributed by atoms with E-state index in [0.29, 0.717) is 11.1 Å². The summed E-state index contributed by atoms with van der Waals surface area (Å²) in [6.45, 7) is 0. The van der Waals surface area contributed by atoms with Gasteiger partial charge in [-0.15, -0.1) is 0 Å². The fourth-order valence-electron chi connectivity index (χ4n) is 1.49. The number of benzene rings is 2. The molecule has 0 saturated carbocycles. The predicted octanol–water partition coefficient (Wildman–Crippen LogP) is 2.94. The normalized spacial score (nSPS) is 9.33. The first-order valence-electron chi connectivity index (χ1n) is 5.02. The minimum absolute atomic E-state index is 0. The molecule has 2 rings (SSSR count). The molecule has 4 nitrogen and oxygen atoms in total. The van der Waals surface area contributed by atoms with E-state index in [-0.39, 0.29) is 25.0 Å². The zero-order chi connectivity index (χ0) is 12.3. The van der Waals surface area contributed by atoms with Gasteiger partial charge in [0.2, 0.25) is 0 Å². The van der Waals surface area contributed by atoms with Gasteiger partial charge in [0.1, 0.15) is 0 Å². The molecule has 2 aromatic carbocycles. The smallest absolute Gasteiger partial charge is 0.269 e. The number of hydrogen-bond donors (Lipinski definition) is 0. The van der Waals surface area contributed by atoms with E-state index in [4.69, 9.17) is 0 Å². The van der Waals surface area contributed by atoms with E-state index in [2.05, 4.69) is 0 Å². The van der Waals surface area contributed by atoms with Gasteiger partial charge in [-0.3, -0.25) is 14.9 Å². The number of hydrogen-bond acceptors (Lipinski definition) is 3. The second-order valence-electron chi connectivity index (χ2n) is 3.50. The molecule has 2 aromatic rings. The Morgan fingerprint density at radius 3 is 1.89 bits per heavy atom. The molecular weight excluding hydrogens is 250 g/mol. The molecule has 0 N–H and O–H groups in total. The number of carbonyl (C=O) groups is 1. The van der Waals surface area contributed by atoms with Crippen molar-refractivity contribution in [2.75, 3.05) is 0 Å². The molecule has 0 aromatic heterocycles. The van der Waals surface area contributed by atoms with Gasteiger partial charge in [-0.1, -0.05) is 30.3 Å². The van der Waals surface area contributed by atoms with E-state index in [9.17, 15) is 14.9 Å². The quantitative estimate of drug-likeness (QED) is 0.485. The lowest BCUT2D eigenvalue weighted by atomic mass is 10.0. The van der Waals surface area contributed by atoms with Gasteiger partial charge >= 0.3 is 0 Å². The van der Waals surface area contributed by atoms with Gasteiger partial charge < -0.3 is 0 Å². The first kappa shape index (κ1) is 13.9. The summed E-state index contributed by atoms with van der Waals surface area (Å²) >= 11 is 0. The van der Waals surface area contributed by atoms with Crippen LogP contribution >= 0.6 is 13.5 Å². The highest BCUT2D eigenvalue weighted by Gasteiger charge is 2.10. The third-order valence-electron chi connectivity index (χ3n) is 2.38. The Morgan fingerprint density at radius 2 is 1.39 bits per heavy atom. The summed E-state index contributed by atoms with van der Waals surface area (Å²) in [5, 5.41) is 10.5. The van der Waals surface area contributed by atoms with Crippen molar-refractivity contribution in [2.45, 2.75) is 0 Å². The highest BCUT2D eigenvalue weighted by atomic mass is 32.1. The molecule has 0 fully saturated rings. The Balaban J connectivity index is 0.00000162. The van der Waals surface area contributed by atoms with Crippen LogP contribution in [0.4, 0.5) is 5.69 Å². The lowest BCUT2D eigenvalue weighted by Crippen LogP contribution is -2.00. The molecule has 92 valence electrons. The Bertz CT molecular complexity index is 552. The van der Waals surface area contributed by atoms with E-state index in [0.717, 1.165) is 0 Å². The van der Waals surface area contributed by atoms with Gasteiger partial charge in [-0.2, -0.15) is 13.5 Å². The van der Waals surface area contributed by atoms with Gasteiger partial charge in [0.25, 0.3) is 5.69 Å². The highest BCUT2D eigenvalue weighted by molar-refractivity contribution is 7.59. The molecule has 0 radical (unpaired) electrons. The molecule has 0 amide bonds. The molecule has 0 bridgehead atoms. The SMILES string of the molecule is O=C(c1ccccc1)c1ccc([N+](=O)[O-])cc1.S. The van der Waals surface area contributed by atoms with Crippen LogP contribution in [0.5, 0.6) is 0 Å². The van der Waals surface area contributed by atoms with Crippen molar-refractivity contribution in [3.05, 3.63) is 75.8 Å². The lowest BCUT2D eigenvalue weighted by Gasteiger charge is -2.00. The number of non-ortho nitro benzene ring substituents is 1. The van der Waals surface area contributed by atoms with Crippen molar-refractivity contribution in [3.8, 4) is 0 Å². The summed E-state index contributed by atoms with van der Waals surface area (Å²) in [5.74, 6) is -0.138. The second-order valence-corrected chi connectivity index (χ2v) is 3.50. The maximum atomic E-state index is 12.0. The largest absolute Gasteiger partial charge is 0.289 e. The lowest BCUT2D eigenvalue weighted by molar-refractivity contribution is -0.384. The van der Waals surface area contributed by atoms with Crippen molar-refractivity contribution in [1.82, 2.24) is 0 Å². The highest BCUT2D eigenvalue weighted by Crippen LogP contribution is 2.15. The summed E-state index contributed by atoms with van der Waals surface area (Å²) in [4.78, 5) is 21.9. The molecular formula is C13H11NO3S. The van der Waals surface area contributed by atoms with Gasteiger partial charge in [0.05, 0.1) is 4.92 Å². The minimum Gasteiger partial charge on any atom is -0.289 e.